The summed E-state index contributed by atoms with van der Waals surface area (Å²) in [6, 6.07) is 0.547. The minimum absolute atomic E-state index is 0.145. The number of anilines is 1. The number of nitrogens with zero attached hydrogens (tertiary/aromatic N) is 6. The first-order valence-corrected chi connectivity index (χ1v) is 10.8. The summed E-state index contributed by atoms with van der Waals surface area (Å²) in [7, 11) is 0. The molecule has 0 aromatic carbocycles. The van der Waals surface area contributed by atoms with E-state index in [4.69, 9.17) is 4.74 Å². The number of morpholine rings is 1. The maximum Gasteiger partial charge on any atom is 0.227 e. The van der Waals surface area contributed by atoms with Gasteiger partial charge in [-0.15, -0.1) is 0 Å². The predicted octanol–water partition coefficient (Wildman–Crippen LogP) is 0.893. The first-order chi connectivity index (χ1) is 14.3. The Hall–Kier alpha value is -2.26. The van der Waals surface area contributed by atoms with Crippen LogP contribution < -0.4 is 4.90 Å². The van der Waals surface area contributed by atoms with Gasteiger partial charge in [0.2, 0.25) is 5.91 Å². The molecule has 1 atom stereocenters. The number of aromatic amines is 1. The molecule has 5 rings (SSSR count). The SMILES string of the molecule is O=C(C1CCCN(C2CCN(c3ncnc4nc[nH]c34)CC2)C1)N1CCOCC1. The van der Waals surface area contributed by atoms with Crippen LogP contribution in [0.15, 0.2) is 12.7 Å². The molecule has 2 aromatic heterocycles. The molecule has 1 amide bonds. The van der Waals surface area contributed by atoms with E-state index in [1.807, 2.05) is 4.90 Å². The average Bonchev–Trinajstić information content (AvgIpc) is 3.28. The summed E-state index contributed by atoms with van der Waals surface area (Å²) in [5.74, 6) is 1.43. The molecule has 0 aliphatic carbocycles. The van der Waals surface area contributed by atoms with Crippen LogP contribution in [0.2, 0.25) is 0 Å². The second kappa shape index (κ2) is 8.23. The van der Waals surface area contributed by atoms with Crippen molar-refractivity contribution in [2.24, 2.45) is 5.92 Å². The Morgan fingerprint density at radius 1 is 1.03 bits per heavy atom. The molecule has 3 fully saturated rings. The molecule has 3 aliphatic heterocycles. The van der Waals surface area contributed by atoms with Gasteiger partial charge in [0, 0.05) is 38.8 Å². The van der Waals surface area contributed by atoms with E-state index in [0.29, 0.717) is 25.2 Å². The van der Waals surface area contributed by atoms with E-state index >= 15 is 0 Å². The molecule has 9 nitrogen and oxygen atoms in total. The number of likely N-dealkylation sites (tertiary alicyclic amines) is 1. The Morgan fingerprint density at radius 2 is 1.86 bits per heavy atom. The lowest BCUT2D eigenvalue weighted by atomic mass is 9.92. The third kappa shape index (κ3) is 3.81. The first-order valence-electron chi connectivity index (χ1n) is 10.8. The molecule has 3 aliphatic rings. The minimum Gasteiger partial charge on any atom is -0.378 e. The van der Waals surface area contributed by atoms with Gasteiger partial charge in [0.05, 0.1) is 25.5 Å². The fourth-order valence-corrected chi connectivity index (χ4v) is 5.02. The minimum atomic E-state index is 0.145. The Labute approximate surface area is 170 Å². The molecule has 0 radical (unpaired) electrons. The van der Waals surface area contributed by atoms with Crippen LogP contribution in [0.4, 0.5) is 5.82 Å². The van der Waals surface area contributed by atoms with Gasteiger partial charge >= 0.3 is 0 Å². The van der Waals surface area contributed by atoms with E-state index in [2.05, 4.69) is 29.7 Å². The van der Waals surface area contributed by atoms with Crippen molar-refractivity contribution in [2.75, 3.05) is 57.4 Å². The number of nitrogens with one attached hydrogen (secondary N) is 1. The summed E-state index contributed by atoms with van der Waals surface area (Å²) in [5, 5.41) is 0. The number of aromatic nitrogens is 4. The highest BCUT2D eigenvalue weighted by Gasteiger charge is 2.34. The largest absolute Gasteiger partial charge is 0.378 e. The van der Waals surface area contributed by atoms with Crippen molar-refractivity contribution < 1.29 is 9.53 Å². The highest BCUT2D eigenvalue weighted by molar-refractivity contribution is 5.82. The Bertz CT molecular complexity index is 842. The Morgan fingerprint density at radius 3 is 2.69 bits per heavy atom. The summed E-state index contributed by atoms with van der Waals surface area (Å²) in [6.45, 7) is 6.78. The lowest BCUT2D eigenvalue weighted by Crippen LogP contribution is -2.52. The molecule has 3 saturated heterocycles. The summed E-state index contributed by atoms with van der Waals surface area (Å²) < 4.78 is 5.40. The summed E-state index contributed by atoms with van der Waals surface area (Å²) in [4.78, 5) is 36.0. The van der Waals surface area contributed by atoms with E-state index in [1.165, 1.54) is 0 Å². The maximum absolute atomic E-state index is 12.9. The normalized spacial score (nSPS) is 24.9. The number of hydrogen-bond acceptors (Lipinski definition) is 7. The molecule has 0 spiro atoms. The van der Waals surface area contributed by atoms with E-state index in [-0.39, 0.29) is 5.92 Å². The zero-order valence-corrected chi connectivity index (χ0v) is 16.8. The Kier molecular flexibility index (Phi) is 5.32. The summed E-state index contributed by atoms with van der Waals surface area (Å²) in [6.07, 6.45) is 7.59. The van der Waals surface area contributed by atoms with Crippen molar-refractivity contribution in [1.29, 1.82) is 0 Å². The molecule has 29 heavy (non-hydrogen) atoms. The molecular weight excluding hydrogens is 370 g/mol. The standard InChI is InChI=1S/C20H29N7O2/c28-20(26-8-10-29-11-9-26)15-2-1-5-27(12-15)16-3-6-25(7-4-16)19-17-18(22-13-21-17)23-14-24-19/h13-16H,1-12H2,(H,21,22,23,24). The zero-order chi connectivity index (χ0) is 19.6. The van der Waals surface area contributed by atoms with Gasteiger partial charge in [0.1, 0.15) is 11.8 Å². The van der Waals surface area contributed by atoms with Gasteiger partial charge in [0.15, 0.2) is 11.5 Å². The van der Waals surface area contributed by atoms with Gasteiger partial charge in [-0.3, -0.25) is 9.69 Å². The number of rotatable bonds is 3. The second-order valence-corrected chi connectivity index (χ2v) is 8.29. The predicted molar refractivity (Wildman–Crippen MR) is 109 cm³/mol. The van der Waals surface area contributed by atoms with E-state index in [9.17, 15) is 4.79 Å². The summed E-state index contributed by atoms with van der Waals surface area (Å²) in [5.41, 5.74) is 1.64. The number of carbonyl (C=O) groups excluding carboxylic acids is 1. The van der Waals surface area contributed by atoms with Gasteiger partial charge in [0.25, 0.3) is 0 Å². The monoisotopic (exact) mass is 399 g/mol. The van der Waals surface area contributed by atoms with Crippen molar-refractivity contribution in [2.45, 2.75) is 31.7 Å². The van der Waals surface area contributed by atoms with Crippen LogP contribution in [0.1, 0.15) is 25.7 Å². The smallest absolute Gasteiger partial charge is 0.227 e. The maximum atomic E-state index is 12.9. The molecule has 1 N–H and O–H groups in total. The van der Waals surface area contributed by atoms with Crippen LogP contribution in [0.3, 0.4) is 0 Å². The molecular formula is C20H29N7O2. The lowest BCUT2D eigenvalue weighted by molar-refractivity contribution is -0.141. The van der Waals surface area contributed by atoms with Crippen molar-refractivity contribution in [3.8, 4) is 0 Å². The van der Waals surface area contributed by atoms with E-state index in [0.717, 1.165) is 81.9 Å². The third-order valence-corrected chi connectivity index (χ3v) is 6.61. The fraction of sp³-hybridized carbons (Fsp3) is 0.700. The average molecular weight is 399 g/mol. The van der Waals surface area contributed by atoms with Crippen molar-refractivity contribution in [1.82, 2.24) is 29.7 Å². The van der Waals surface area contributed by atoms with Crippen molar-refractivity contribution in [3.63, 3.8) is 0 Å². The third-order valence-electron chi connectivity index (χ3n) is 6.61. The first kappa shape index (κ1) is 18.7. The Balaban J connectivity index is 1.19. The van der Waals surface area contributed by atoms with Gasteiger partial charge in [-0.1, -0.05) is 0 Å². The van der Waals surface area contributed by atoms with Gasteiger partial charge < -0.3 is 19.5 Å². The number of imidazole rings is 1. The quantitative estimate of drug-likeness (QED) is 0.820. The number of hydrogen-bond donors (Lipinski definition) is 1. The van der Waals surface area contributed by atoms with Crippen LogP contribution in [0, 0.1) is 5.92 Å². The summed E-state index contributed by atoms with van der Waals surface area (Å²) >= 11 is 0. The second-order valence-electron chi connectivity index (χ2n) is 8.29. The molecule has 0 bridgehead atoms. The highest BCUT2D eigenvalue weighted by atomic mass is 16.5. The number of ether oxygens (including phenoxy) is 1. The molecule has 2 aromatic rings. The van der Waals surface area contributed by atoms with Gasteiger partial charge in [-0.2, -0.15) is 0 Å². The molecule has 1 unspecified atom stereocenters. The van der Waals surface area contributed by atoms with Gasteiger partial charge in [-0.05, 0) is 32.2 Å². The zero-order valence-electron chi connectivity index (χ0n) is 16.8. The van der Waals surface area contributed by atoms with E-state index in [1.54, 1.807) is 12.7 Å². The van der Waals surface area contributed by atoms with Crippen molar-refractivity contribution >= 4 is 22.9 Å². The molecule has 156 valence electrons. The van der Waals surface area contributed by atoms with Crippen LogP contribution in [-0.2, 0) is 9.53 Å². The van der Waals surface area contributed by atoms with Crippen molar-refractivity contribution in [3.05, 3.63) is 12.7 Å². The topological polar surface area (TPSA) is 90.5 Å². The van der Waals surface area contributed by atoms with Crippen LogP contribution >= 0.6 is 0 Å². The van der Waals surface area contributed by atoms with Crippen LogP contribution in [0.5, 0.6) is 0 Å². The van der Waals surface area contributed by atoms with E-state index < -0.39 is 0 Å². The highest BCUT2D eigenvalue weighted by Crippen LogP contribution is 2.28. The van der Waals surface area contributed by atoms with Gasteiger partial charge in [-0.25, -0.2) is 15.0 Å². The number of H-pyrrole nitrogens is 1. The molecule has 0 saturated carbocycles. The fourth-order valence-electron chi connectivity index (χ4n) is 5.02. The lowest BCUT2D eigenvalue weighted by Gasteiger charge is -2.43. The molecule has 9 heteroatoms. The number of piperidine rings is 2. The van der Waals surface area contributed by atoms with Crippen LogP contribution in [-0.4, -0.2) is 94.2 Å². The van der Waals surface area contributed by atoms with Crippen LogP contribution in [0.25, 0.3) is 11.2 Å². The number of carbonyl (C=O) groups is 1. The number of amides is 1. The molecule has 5 heterocycles. The number of fused-ring (bicyclic) bond motifs is 1.